The molecule has 0 fully saturated rings. The van der Waals surface area contributed by atoms with E-state index in [1.54, 1.807) is 0 Å². The van der Waals surface area contributed by atoms with Crippen LogP contribution in [0.2, 0.25) is 0 Å². The van der Waals surface area contributed by atoms with E-state index >= 15 is 0 Å². The summed E-state index contributed by atoms with van der Waals surface area (Å²) in [7, 11) is 0. The van der Waals surface area contributed by atoms with Crippen molar-refractivity contribution in [2.24, 2.45) is 0 Å². The van der Waals surface area contributed by atoms with Crippen molar-refractivity contribution >= 4 is 17.9 Å². The maximum absolute atomic E-state index is 12.8. The molecule has 0 saturated heterocycles. The van der Waals surface area contributed by atoms with Crippen molar-refractivity contribution in [2.75, 3.05) is 13.2 Å². The minimum Gasteiger partial charge on any atom is -0.462 e. The summed E-state index contributed by atoms with van der Waals surface area (Å²) in [6, 6.07) is 0. The molecule has 0 rings (SSSR count). The Kier molecular flexibility index (Phi) is 48.9. The summed E-state index contributed by atoms with van der Waals surface area (Å²) in [5.41, 5.74) is 0. The topological polar surface area (TPSA) is 78.9 Å². The molecule has 63 heavy (non-hydrogen) atoms. The average Bonchev–Trinajstić information content (AvgIpc) is 3.28. The fourth-order valence-electron chi connectivity index (χ4n) is 7.33. The van der Waals surface area contributed by atoms with Crippen molar-refractivity contribution < 1.29 is 28.6 Å². The Hall–Kier alpha value is -3.15. The van der Waals surface area contributed by atoms with Crippen molar-refractivity contribution in [3.63, 3.8) is 0 Å². The third kappa shape index (κ3) is 49.7. The van der Waals surface area contributed by atoms with Gasteiger partial charge in [0.05, 0.1) is 0 Å². The van der Waals surface area contributed by atoms with Gasteiger partial charge in [0.2, 0.25) is 0 Å². The lowest BCUT2D eigenvalue weighted by atomic mass is 10.0. The molecule has 362 valence electrons. The number of esters is 3. The smallest absolute Gasteiger partial charge is 0.306 e. The van der Waals surface area contributed by atoms with Crippen LogP contribution in [0.4, 0.5) is 0 Å². The average molecular weight is 879 g/mol. The van der Waals surface area contributed by atoms with Gasteiger partial charge in [-0.2, -0.15) is 0 Å². The zero-order chi connectivity index (χ0) is 45.8. The van der Waals surface area contributed by atoms with Crippen LogP contribution in [0.5, 0.6) is 0 Å². The molecular formula is C57H98O6. The maximum Gasteiger partial charge on any atom is 0.306 e. The van der Waals surface area contributed by atoms with Crippen LogP contribution in [0.25, 0.3) is 0 Å². The highest BCUT2D eigenvalue weighted by molar-refractivity contribution is 5.71. The molecule has 0 heterocycles. The number of allylic oxidation sites excluding steroid dienone is 12. The van der Waals surface area contributed by atoms with Gasteiger partial charge in [0.1, 0.15) is 13.2 Å². The summed E-state index contributed by atoms with van der Waals surface area (Å²) in [6.45, 7) is 6.43. The Morgan fingerprint density at radius 1 is 0.349 bits per heavy atom. The molecule has 6 nitrogen and oxygen atoms in total. The lowest BCUT2D eigenvalue weighted by molar-refractivity contribution is -0.166. The monoisotopic (exact) mass is 879 g/mol. The van der Waals surface area contributed by atoms with Crippen LogP contribution in [0.3, 0.4) is 0 Å². The molecule has 1 unspecified atom stereocenters. The number of hydrogen-bond acceptors (Lipinski definition) is 6. The van der Waals surface area contributed by atoms with Gasteiger partial charge in [-0.05, 0) is 57.8 Å². The van der Waals surface area contributed by atoms with Gasteiger partial charge in [0.15, 0.2) is 6.10 Å². The molecule has 0 aliphatic carbocycles. The zero-order valence-corrected chi connectivity index (χ0v) is 41.3. The van der Waals surface area contributed by atoms with E-state index in [4.69, 9.17) is 14.2 Å². The summed E-state index contributed by atoms with van der Waals surface area (Å²) in [6.07, 6.45) is 64.7. The summed E-state index contributed by atoms with van der Waals surface area (Å²) in [5, 5.41) is 0. The van der Waals surface area contributed by atoms with Crippen LogP contribution < -0.4 is 0 Å². The number of rotatable bonds is 47. The molecular weight excluding hydrogens is 781 g/mol. The summed E-state index contributed by atoms with van der Waals surface area (Å²) < 4.78 is 16.7. The molecule has 0 aliphatic heterocycles. The number of carbonyl (C=O) groups excluding carboxylic acids is 3. The summed E-state index contributed by atoms with van der Waals surface area (Å²) in [4.78, 5) is 38.0. The summed E-state index contributed by atoms with van der Waals surface area (Å²) in [5.74, 6) is -0.990. The van der Waals surface area contributed by atoms with Gasteiger partial charge < -0.3 is 14.2 Å². The lowest BCUT2D eigenvalue weighted by Gasteiger charge is -2.18. The minimum atomic E-state index is -0.808. The van der Waals surface area contributed by atoms with Gasteiger partial charge >= 0.3 is 17.9 Å². The quantitative estimate of drug-likeness (QED) is 0.0199. The first-order valence-corrected chi connectivity index (χ1v) is 26.5. The van der Waals surface area contributed by atoms with Crippen LogP contribution in [0.15, 0.2) is 72.9 Å². The second kappa shape index (κ2) is 51.5. The Balaban J connectivity index is 4.45. The predicted octanol–water partition coefficient (Wildman–Crippen LogP) is 17.4. The van der Waals surface area contributed by atoms with Gasteiger partial charge in [-0.15, -0.1) is 0 Å². The van der Waals surface area contributed by atoms with Crippen molar-refractivity contribution in [3.05, 3.63) is 72.9 Å². The molecule has 0 aromatic rings. The van der Waals surface area contributed by atoms with Crippen LogP contribution in [0.1, 0.15) is 252 Å². The number of carbonyl (C=O) groups is 3. The van der Waals surface area contributed by atoms with Crippen LogP contribution in [-0.2, 0) is 28.6 Å². The SMILES string of the molecule is CC/C=C/C=C/C=C/C=C/CCCCCCCC(=O)OC(COC(=O)CC/C=C/C/C=C/CCCCCCCC)COC(=O)CCCCCCCCCCCCCCCCCCC. The highest BCUT2D eigenvalue weighted by Gasteiger charge is 2.19. The normalized spacial score (nSPS) is 12.6. The lowest BCUT2D eigenvalue weighted by Crippen LogP contribution is -2.30. The Bertz CT molecular complexity index is 1190. The Labute approximate surface area is 389 Å². The highest BCUT2D eigenvalue weighted by Crippen LogP contribution is 2.15. The Morgan fingerprint density at radius 3 is 1.19 bits per heavy atom. The van der Waals surface area contributed by atoms with Crippen molar-refractivity contribution in [1.29, 1.82) is 0 Å². The van der Waals surface area contributed by atoms with E-state index in [-0.39, 0.29) is 37.5 Å². The van der Waals surface area contributed by atoms with Gasteiger partial charge in [-0.1, -0.05) is 248 Å². The second-order valence-electron chi connectivity index (χ2n) is 17.5. The number of unbranched alkanes of at least 4 members (excludes halogenated alkanes) is 27. The van der Waals surface area contributed by atoms with E-state index in [0.29, 0.717) is 19.3 Å². The summed E-state index contributed by atoms with van der Waals surface area (Å²) >= 11 is 0. The fraction of sp³-hybridized carbons (Fsp3) is 0.737. The molecule has 0 saturated carbocycles. The van der Waals surface area contributed by atoms with Gasteiger partial charge in [0, 0.05) is 19.3 Å². The van der Waals surface area contributed by atoms with Crippen molar-refractivity contribution in [3.8, 4) is 0 Å². The van der Waals surface area contributed by atoms with Crippen LogP contribution in [0, 0.1) is 0 Å². The fourth-order valence-corrected chi connectivity index (χ4v) is 7.33. The minimum absolute atomic E-state index is 0.101. The molecule has 0 N–H and O–H groups in total. The molecule has 0 radical (unpaired) electrons. The zero-order valence-electron chi connectivity index (χ0n) is 41.3. The molecule has 0 spiro atoms. The predicted molar refractivity (Wildman–Crippen MR) is 270 cm³/mol. The van der Waals surface area contributed by atoms with Crippen LogP contribution in [-0.4, -0.2) is 37.2 Å². The molecule has 0 amide bonds. The van der Waals surface area contributed by atoms with E-state index in [9.17, 15) is 14.4 Å². The van der Waals surface area contributed by atoms with E-state index in [1.807, 2.05) is 24.3 Å². The van der Waals surface area contributed by atoms with Crippen LogP contribution >= 0.6 is 0 Å². The number of ether oxygens (including phenoxy) is 3. The molecule has 0 bridgehead atoms. The first kappa shape index (κ1) is 59.9. The largest absolute Gasteiger partial charge is 0.462 e. The van der Waals surface area contributed by atoms with Gasteiger partial charge in [0.25, 0.3) is 0 Å². The molecule has 6 heteroatoms. The number of hydrogen-bond donors (Lipinski definition) is 0. The van der Waals surface area contributed by atoms with E-state index in [2.05, 4.69) is 69.4 Å². The van der Waals surface area contributed by atoms with E-state index in [1.165, 1.54) is 128 Å². The first-order valence-electron chi connectivity index (χ1n) is 26.5. The Morgan fingerprint density at radius 2 is 0.714 bits per heavy atom. The standard InChI is InChI=1S/C57H98O6/c1-4-7-10-13-16-19-22-25-27-28-30-32-35-38-41-44-47-50-56(59)62-53-54(52-61-55(58)49-46-43-40-37-34-31-24-21-18-15-12-9-6-3)63-57(60)51-48-45-42-39-36-33-29-26-23-20-17-14-11-8-5-2/h8,11,14,17,20,23,26,29,31,34,40,43,54H,4-7,9-10,12-13,15-16,18-19,21-22,24-25,27-28,30,32-33,35-39,41-42,44-53H2,1-3H3/b11-8+,17-14+,23-20+,29-26+,34-31+,43-40+. The first-order chi connectivity index (χ1) is 31.0. The van der Waals surface area contributed by atoms with Gasteiger partial charge in [-0.3, -0.25) is 14.4 Å². The maximum atomic E-state index is 12.8. The molecule has 1 atom stereocenters. The third-order valence-corrected chi connectivity index (χ3v) is 11.3. The van der Waals surface area contributed by atoms with E-state index < -0.39 is 6.10 Å². The second-order valence-corrected chi connectivity index (χ2v) is 17.5. The third-order valence-electron chi connectivity index (χ3n) is 11.3. The van der Waals surface area contributed by atoms with Crippen molar-refractivity contribution in [2.45, 2.75) is 258 Å². The molecule has 0 aromatic carbocycles. The van der Waals surface area contributed by atoms with E-state index in [0.717, 1.165) is 77.0 Å². The van der Waals surface area contributed by atoms with Gasteiger partial charge in [-0.25, -0.2) is 0 Å². The molecule has 0 aromatic heterocycles. The van der Waals surface area contributed by atoms with Crippen molar-refractivity contribution in [1.82, 2.24) is 0 Å². The highest BCUT2D eigenvalue weighted by atomic mass is 16.6. The molecule has 0 aliphatic rings.